The van der Waals surface area contributed by atoms with Crippen molar-refractivity contribution in [1.82, 2.24) is 5.32 Å². The lowest BCUT2D eigenvalue weighted by Gasteiger charge is -2.32. The molecule has 12 heavy (non-hydrogen) atoms. The summed E-state index contributed by atoms with van der Waals surface area (Å²) in [7, 11) is 0. The highest BCUT2D eigenvalue weighted by Crippen LogP contribution is 2.26. The zero-order valence-electron chi connectivity index (χ0n) is 8.82. The predicted octanol–water partition coefficient (Wildman–Crippen LogP) is 2.95. The summed E-state index contributed by atoms with van der Waals surface area (Å²) in [6, 6.07) is 0. The van der Waals surface area contributed by atoms with Crippen LogP contribution in [0.2, 0.25) is 0 Å². The Labute approximate surface area is 76.9 Å². The lowest BCUT2D eigenvalue weighted by atomic mass is 9.84. The molecule has 72 valence electrons. The average Bonchev–Trinajstić information content (AvgIpc) is 1.82. The summed E-state index contributed by atoms with van der Waals surface area (Å²) in [4.78, 5) is 0. The van der Waals surface area contributed by atoms with Crippen LogP contribution in [0.1, 0.15) is 52.9 Å². The van der Waals surface area contributed by atoms with E-state index in [1.54, 1.807) is 0 Å². The minimum Gasteiger partial charge on any atom is -0.312 e. The van der Waals surface area contributed by atoms with E-state index in [4.69, 9.17) is 0 Å². The Kier molecular flexibility index (Phi) is 3.57. The zero-order chi connectivity index (χ0) is 9.03. The minimum absolute atomic E-state index is 0.365. The topological polar surface area (TPSA) is 12.0 Å². The average molecular weight is 169 g/mol. The maximum Gasteiger partial charge on any atom is 0.0125 e. The first-order chi connectivity index (χ1) is 5.64. The van der Waals surface area contributed by atoms with Crippen LogP contribution in [0.3, 0.4) is 0 Å². The second kappa shape index (κ2) is 4.27. The van der Waals surface area contributed by atoms with Crippen molar-refractivity contribution in [2.75, 3.05) is 6.54 Å². The van der Waals surface area contributed by atoms with Gasteiger partial charge in [-0.05, 0) is 45.6 Å². The van der Waals surface area contributed by atoms with E-state index < -0.39 is 0 Å². The van der Waals surface area contributed by atoms with E-state index in [0.717, 1.165) is 5.92 Å². The molecule has 1 aliphatic carbocycles. The van der Waals surface area contributed by atoms with Crippen LogP contribution in [-0.4, -0.2) is 12.1 Å². The van der Waals surface area contributed by atoms with Gasteiger partial charge in [0.15, 0.2) is 0 Å². The highest BCUT2D eigenvalue weighted by molar-refractivity contribution is 4.80. The van der Waals surface area contributed by atoms with Crippen molar-refractivity contribution in [3.05, 3.63) is 0 Å². The van der Waals surface area contributed by atoms with Crippen LogP contribution < -0.4 is 5.32 Å². The lowest BCUT2D eigenvalue weighted by Crippen LogP contribution is -2.42. The summed E-state index contributed by atoms with van der Waals surface area (Å²) >= 11 is 0. The van der Waals surface area contributed by atoms with Crippen molar-refractivity contribution in [2.24, 2.45) is 5.92 Å². The van der Waals surface area contributed by atoms with Gasteiger partial charge in [-0.25, -0.2) is 0 Å². The third kappa shape index (κ3) is 3.14. The molecule has 0 amide bonds. The number of hydrogen-bond donors (Lipinski definition) is 1. The molecular weight excluding hydrogens is 146 g/mol. The largest absolute Gasteiger partial charge is 0.312 e. The third-order valence-electron chi connectivity index (χ3n) is 2.97. The van der Waals surface area contributed by atoms with E-state index in [9.17, 15) is 0 Å². The predicted molar refractivity (Wildman–Crippen MR) is 54.3 cm³/mol. The van der Waals surface area contributed by atoms with E-state index in [-0.39, 0.29) is 0 Å². The van der Waals surface area contributed by atoms with Crippen LogP contribution in [0.15, 0.2) is 0 Å². The highest BCUT2D eigenvalue weighted by Gasteiger charge is 2.21. The van der Waals surface area contributed by atoms with Crippen molar-refractivity contribution in [2.45, 2.75) is 58.4 Å². The molecule has 0 atom stereocenters. The summed E-state index contributed by atoms with van der Waals surface area (Å²) in [5, 5.41) is 3.66. The molecule has 0 aromatic carbocycles. The summed E-state index contributed by atoms with van der Waals surface area (Å²) in [6.45, 7) is 8.13. The van der Waals surface area contributed by atoms with Crippen molar-refractivity contribution in [3.8, 4) is 0 Å². The lowest BCUT2D eigenvalue weighted by molar-refractivity contribution is 0.255. The molecule has 1 saturated carbocycles. The normalized spacial score (nSPS) is 19.2. The molecule has 0 bridgehead atoms. The van der Waals surface area contributed by atoms with Gasteiger partial charge in [-0.3, -0.25) is 0 Å². The Hall–Kier alpha value is -0.0400. The molecule has 0 heterocycles. The molecule has 0 saturated heterocycles. The van der Waals surface area contributed by atoms with Crippen LogP contribution in [0, 0.1) is 5.92 Å². The van der Waals surface area contributed by atoms with Gasteiger partial charge in [-0.2, -0.15) is 0 Å². The van der Waals surface area contributed by atoms with Crippen LogP contribution in [-0.2, 0) is 0 Å². The molecule has 1 aliphatic rings. The van der Waals surface area contributed by atoms with Gasteiger partial charge in [0.25, 0.3) is 0 Å². The van der Waals surface area contributed by atoms with Gasteiger partial charge in [0.2, 0.25) is 0 Å². The molecular formula is C11H23N. The van der Waals surface area contributed by atoms with Crippen molar-refractivity contribution >= 4 is 0 Å². The summed E-state index contributed by atoms with van der Waals surface area (Å²) in [5.74, 6) is 0.987. The van der Waals surface area contributed by atoms with Crippen LogP contribution in [0.4, 0.5) is 0 Å². The van der Waals surface area contributed by atoms with Crippen molar-refractivity contribution < 1.29 is 0 Å². The molecule has 1 fully saturated rings. The second-order valence-electron chi connectivity index (χ2n) is 4.81. The Morgan fingerprint density at radius 1 is 1.33 bits per heavy atom. The number of nitrogens with one attached hydrogen (secondary N) is 1. The molecule has 0 spiro atoms. The maximum atomic E-state index is 3.66. The van der Waals surface area contributed by atoms with E-state index >= 15 is 0 Å². The molecule has 0 aromatic heterocycles. The van der Waals surface area contributed by atoms with Gasteiger partial charge in [-0.1, -0.05) is 19.8 Å². The molecule has 0 unspecified atom stereocenters. The van der Waals surface area contributed by atoms with Gasteiger partial charge >= 0.3 is 0 Å². The van der Waals surface area contributed by atoms with Gasteiger partial charge in [0, 0.05) is 5.54 Å². The molecule has 0 aromatic rings. The smallest absolute Gasteiger partial charge is 0.0125 e. The Balaban J connectivity index is 2.10. The number of hydrogen-bond acceptors (Lipinski definition) is 1. The Morgan fingerprint density at radius 2 is 2.00 bits per heavy atom. The van der Waals surface area contributed by atoms with Crippen molar-refractivity contribution in [3.63, 3.8) is 0 Å². The van der Waals surface area contributed by atoms with E-state index in [2.05, 4.69) is 26.1 Å². The molecule has 1 rings (SSSR count). The standard InChI is InChI=1S/C11H23N/c1-4-8-11(2,3)12-9-10-6-5-7-10/h10,12H,4-9H2,1-3H3. The van der Waals surface area contributed by atoms with Gasteiger partial charge in [0.1, 0.15) is 0 Å². The van der Waals surface area contributed by atoms with Gasteiger partial charge in [-0.15, -0.1) is 0 Å². The molecule has 0 radical (unpaired) electrons. The number of rotatable bonds is 5. The molecule has 1 nitrogen and oxygen atoms in total. The molecule has 1 heteroatoms. The van der Waals surface area contributed by atoms with Crippen molar-refractivity contribution in [1.29, 1.82) is 0 Å². The fourth-order valence-electron chi connectivity index (χ4n) is 1.83. The summed E-state index contributed by atoms with van der Waals surface area (Å²) < 4.78 is 0. The Bertz CT molecular complexity index is 125. The fourth-order valence-corrected chi connectivity index (χ4v) is 1.83. The SMILES string of the molecule is CCCC(C)(C)NCC1CCC1. The minimum atomic E-state index is 0.365. The first-order valence-electron chi connectivity index (χ1n) is 5.39. The summed E-state index contributed by atoms with van der Waals surface area (Å²) in [6.07, 6.45) is 6.94. The zero-order valence-corrected chi connectivity index (χ0v) is 8.82. The fraction of sp³-hybridized carbons (Fsp3) is 1.00. The van der Waals surface area contributed by atoms with Crippen LogP contribution >= 0.6 is 0 Å². The van der Waals surface area contributed by atoms with Crippen LogP contribution in [0.25, 0.3) is 0 Å². The summed E-state index contributed by atoms with van der Waals surface area (Å²) in [5.41, 5.74) is 0.365. The maximum absolute atomic E-state index is 3.66. The molecule has 1 N–H and O–H groups in total. The van der Waals surface area contributed by atoms with Crippen LogP contribution in [0.5, 0.6) is 0 Å². The first-order valence-corrected chi connectivity index (χ1v) is 5.39. The highest BCUT2D eigenvalue weighted by atomic mass is 15.0. The first kappa shape index (κ1) is 10.0. The van der Waals surface area contributed by atoms with Gasteiger partial charge in [0.05, 0.1) is 0 Å². The van der Waals surface area contributed by atoms with E-state index in [1.165, 1.54) is 38.6 Å². The second-order valence-corrected chi connectivity index (χ2v) is 4.81. The monoisotopic (exact) mass is 169 g/mol. The third-order valence-corrected chi connectivity index (χ3v) is 2.97. The van der Waals surface area contributed by atoms with E-state index in [0.29, 0.717) is 5.54 Å². The quantitative estimate of drug-likeness (QED) is 0.667. The molecule has 0 aliphatic heterocycles. The Morgan fingerprint density at radius 3 is 2.42 bits per heavy atom. The van der Waals surface area contributed by atoms with Gasteiger partial charge < -0.3 is 5.32 Å². The van der Waals surface area contributed by atoms with E-state index in [1.807, 2.05) is 0 Å².